The Kier molecular flexibility index (Phi) is 1.92. The number of aliphatic hydroxyl groups is 1. The average Bonchev–Trinajstić information content (AvgIpc) is 2.53. The quantitative estimate of drug-likeness (QED) is 0.655. The molecule has 2 nitrogen and oxygen atoms in total. The predicted molar refractivity (Wildman–Crippen MR) is 49.1 cm³/mol. The molecule has 0 aromatic carbocycles. The SMILES string of the molecule is OCCC1=C2N=CC=C2C=CC1. The van der Waals surface area contributed by atoms with Crippen LogP contribution < -0.4 is 0 Å². The smallest absolute Gasteiger partial charge is 0.0698 e. The fourth-order valence-electron chi connectivity index (χ4n) is 1.56. The van der Waals surface area contributed by atoms with Gasteiger partial charge in [-0.05, 0) is 24.5 Å². The van der Waals surface area contributed by atoms with E-state index in [0.29, 0.717) is 0 Å². The summed E-state index contributed by atoms with van der Waals surface area (Å²) in [6, 6.07) is 0. The lowest BCUT2D eigenvalue weighted by Gasteiger charge is -2.11. The largest absolute Gasteiger partial charge is 0.396 e. The van der Waals surface area contributed by atoms with E-state index in [1.54, 1.807) is 0 Å². The lowest BCUT2D eigenvalue weighted by atomic mass is 9.97. The molecule has 0 fully saturated rings. The number of nitrogens with zero attached hydrogens (tertiary/aromatic N) is 1. The maximum absolute atomic E-state index is 8.81. The first-order valence-electron chi connectivity index (χ1n) is 4.16. The Morgan fingerprint density at radius 3 is 3.25 bits per heavy atom. The van der Waals surface area contributed by atoms with Crippen molar-refractivity contribution in [2.24, 2.45) is 4.99 Å². The summed E-state index contributed by atoms with van der Waals surface area (Å²) in [6.45, 7) is 0.218. The Hall–Kier alpha value is -1.15. The van der Waals surface area contributed by atoms with Crippen molar-refractivity contribution in [1.29, 1.82) is 0 Å². The molecule has 0 aromatic rings. The van der Waals surface area contributed by atoms with Gasteiger partial charge in [0.15, 0.2) is 0 Å². The molecule has 0 unspecified atom stereocenters. The van der Waals surface area contributed by atoms with Crippen LogP contribution in [0.15, 0.2) is 40.1 Å². The van der Waals surface area contributed by atoms with E-state index in [1.807, 2.05) is 12.3 Å². The van der Waals surface area contributed by atoms with Gasteiger partial charge < -0.3 is 5.11 Å². The van der Waals surface area contributed by atoms with Gasteiger partial charge in [0.2, 0.25) is 0 Å². The van der Waals surface area contributed by atoms with Crippen molar-refractivity contribution < 1.29 is 5.11 Å². The summed E-state index contributed by atoms with van der Waals surface area (Å²) >= 11 is 0. The van der Waals surface area contributed by atoms with Gasteiger partial charge in [-0.15, -0.1) is 0 Å². The summed E-state index contributed by atoms with van der Waals surface area (Å²) in [7, 11) is 0. The van der Waals surface area contributed by atoms with E-state index in [4.69, 9.17) is 5.11 Å². The van der Waals surface area contributed by atoms with Crippen LogP contribution in [0.3, 0.4) is 0 Å². The first-order valence-corrected chi connectivity index (χ1v) is 4.16. The van der Waals surface area contributed by atoms with Crippen molar-refractivity contribution in [2.45, 2.75) is 12.8 Å². The molecule has 62 valence electrons. The normalized spacial score (nSPS) is 19.9. The van der Waals surface area contributed by atoms with Crippen molar-refractivity contribution in [3.63, 3.8) is 0 Å². The molecule has 2 heteroatoms. The highest BCUT2D eigenvalue weighted by Crippen LogP contribution is 2.29. The highest BCUT2D eigenvalue weighted by molar-refractivity contribution is 5.81. The maximum Gasteiger partial charge on any atom is 0.0698 e. The molecule has 0 amide bonds. The summed E-state index contributed by atoms with van der Waals surface area (Å²) in [5, 5.41) is 8.81. The van der Waals surface area contributed by atoms with Crippen LogP contribution in [0.5, 0.6) is 0 Å². The molecule has 1 aliphatic heterocycles. The topological polar surface area (TPSA) is 32.6 Å². The zero-order chi connectivity index (χ0) is 8.39. The summed E-state index contributed by atoms with van der Waals surface area (Å²) in [4.78, 5) is 4.26. The van der Waals surface area contributed by atoms with E-state index in [9.17, 15) is 0 Å². The van der Waals surface area contributed by atoms with Crippen LogP contribution in [0.25, 0.3) is 0 Å². The van der Waals surface area contributed by atoms with Gasteiger partial charge in [-0.1, -0.05) is 12.2 Å². The second-order valence-electron chi connectivity index (χ2n) is 2.93. The molecule has 12 heavy (non-hydrogen) atoms. The van der Waals surface area contributed by atoms with Gasteiger partial charge in [-0.3, -0.25) is 4.99 Å². The van der Waals surface area contributed by atoms with E-state index in [0.717, 1.165) is 18.5 Å². The van der Waals surface area contributed by atoms with Crippen LogP contribution >= 0.6 is 0 Å². The molecule has 0 saturated heterocycles. The lowest BCUT2D eigenvalue weighted by Crippen LogP contribution is -1.97. The minimum atomic E-state index is 0.218. The number of allylic oxidation sites excluding steroid dienone is 3. The Balaban J connectivity index is 2.31. The molecular formula is C10H11NO. The summed E-state index contributed by atoms with van der Waals surface area (Å²) < 4.78 is 0. The summed E-state index contributed by atoms with van der Waals surface area (Å²) in [5.41, 5.74) is 3.51. The molecule has 1 aliphatic carbocycles. The zero-order valence-corrected chi connectivity index (χ0v) is 6.83. The van der Waals surface area contributed by atoms with Crippen LogP contribution in [0.2, 0.25) is 0 Å². The van der Waals surface area contributed by atoms with Crippen molar-refractivity contribution in [3.05, 3.63) is 35.1 Å². The summed E-state index contributed by atoms with van der Waals surface area (Å²) in [6.07, 6.45) is 9.71. The second kappa shape index (κ2) is 3.07. The molecule has 2 rings (SSSR count). The van der Waals surface area contributed by atoms with Crippen LogP contribution in [-0.2, 0) is 0 Å². The fraction of sp³-hybridized carbons (Fsp3) is 0.300. The fourth-order valence-corrected chi connectivity index (χ4v) is 1.56. The molecule has 1 N–H and O–H groups in total. The van der Waals surface area contributed by atoms with Gasteiger partial charge in [0.05, 0.1) is 5.70 Å². The molecule has 0 bridgehead atoms. The Bertz CT molecular complexity index is 308. The van der Waals surface area contributed by atoms with Crippen molar-refractivity contribution in [2.75, 3.05) is 6.61 Å². The van der Waals surface area contributed by atoms with E-state index in [-0.39, 0.29) is 6.61 Å². The minimum Gasteiger partial charge on any atom is -0.396 e. The standard InChI is InChI=1S/C10H11NO/c12-7-5-9-3-1-2-8-4-6-11-10(8)9/h1-2,4,6,12H,3,5,7H2. The van der Waals surface area contributed by atoms with Crippen molar-refractivity contribution >= 4 is 6.21 Å². The number of hydrogen-bond acceptors (Lipinski definition) is 2. The lowest BCUT2D eigenvalue weighted by molar-refractivity contribution is 0.298. The zero-order valence-electron chi connectivity index (χ0n) is 6.83. The van der Waals surface area contributed by atoms with Crippen LogP contribution in [-0.4, -0.2) is 17.9 Å². The van der Waals surface area contributed by atoms with Crippen LogP contribution in [0, 0.1) is 0 Å². The maximum atomic E-state index is 8.81. The van der Waals surface area contributed by atoms with Gasteiger partial charge in [0.1, 0.15) is 0 Å². The summed E-state index contributed by atoms with van der Waals surface area (Å²) in [5.74, 6) is 0. The van der Waals surface area contributed by atoms with Gasteiger partial charge in [-0.2, -0.15) is 0 Å². The second-order valence-corrected chi connectivity index (χ2v) is 2.93. The molecule has 2 aliphatic rings. The molecule has 0 atom stereocenters. The molecule has 1 heterocycles. The Morgan fingerprint density at radius 1 is 1.50 bits per heavy atom. The monoisotopic (exact) mass is 161 g/mol. The first-order chi connectivity index (χ1) is 5.92. The molecule has 0 radical (unpaired) electrons. The van der Waals surface area contributed by atoms with Crippen molar-refractivity contribution in [1.82, 2.24) is 0 Å². The third kappa shape index (κ3) is 1.14. The highest BCUT2D eigenvalue weighted by atomic mass is 16.2. The van der Waals surface area contributed by atoms with Crippen molar-refractivity contribution in [3.8, 4) is 0 Å². The number of rotatable bonds is 2. The number of hydrogen-bond donors (Lipinski definition) is 1. The number of fused-ring (bicyclic) bond motifs is 1. The van der Waals surface area contributed by atoms with Crippen LogP contribution in [0.4, 0.5) is 0 Å². The van der Waals surface area contributed by atoms with Gasteiger partial charge >= 0.3 is 0 Å². The van der Waals surface area contributed by atoms with Crippen LogP contribution in [0.1, 0.15) is 12.8 Å². The molecule has 0 aromatic heterocycles. The number of aliphatic imine (C=N–C) groups is 1. The average molecular weight is 161 g/mol. The Labute approximate surface area is 71.6 Å². The minimum absolute atomic E-state index is 0.218. The van der Waals surface area contributed by atoms with Gasteiger partial charge in [-0.25, -0.2) is 0 Å². The van der Waals surface area contributed by atoms with E-state index < -0.39 is 0 Å². The van der Waals surface area contributed by atoms with Gasteiger partial charge in [0.25, 0.3) is 0 Å². The number of aliphatic hydroxyl groups excluding tert-OH is 1. The molecular weight excluding hydrogens is 150 g/mol. The van der Waals surface area contributed by atoms with Gasteiger partial charge in [0, 0.05) is 18.4 Å². The van der Waals surface area contributed by atoms with E-state index in [1.165, 1.54) is 11.1 Å². The van der Waals surface area contributed by atoms with E-state index in [2.05, 4.69) is 17.1 Å². The molecule has 0 spiro atoms. The van der Waals surface area contributed by atoms with E-state index >= 15 is 0 Å². The first kappa shape index (κ1) is 7.50. The Morgan fingerprint density at radius 2 is 2.42 bits per heavy atom. The highest BCUT2D eigenvalue weighted by Gasteiger charge is 2.13. The third-order valence-electron chi connectivity index (χ3n) is 2.14. The predicted octanol–water partition coefficient (Wildman–Crippen LogP) is 1.59. The third-order valence-corrected chi connectivity index (χ3v) is 2.14. The molecule has 0 saturated carbocycles.